The molecule has 0 saturated heterocycles. The van der Waals surface area contributed by atoms with Crippen molar-refractivity contribution in [2.45, 2.75) is 6.54 Å². The zero-order valence-electron chi connectivity index (χ0n) is 9.33. The average Bonchev–Trinajstić information content (AvgIpc) is 2.82. The Labute approximate surface area is 103 Å². The van der Waals surface area contributed by atoms with Gasteiger partial charge in [-0.15, -0.1) is 11.3 Å². The fourth-order valence-corrected chi connectivity index (χ4v) is 2.26. The molecule has 0 aromatic carbocycles. The number of pyridine rings is 1. The number of carboxylic acids is 1. The third kappa shape index (κ3) is 2.82. The fraction of sp³-hybridized carbons (Fsp3) is 0.167. The normalized spacial score (nSPS) is 10.2. The van der Waals surface area contributed by atoms with Crippen LogP contribution in [0.2, 0.25) is 0 Å². The molecule has 2 rings (SSSR count). The monoisotopic (exact) mass is 248 g/mol. The lowest BCUT2D eigenvalue weighted by Gasteiger charge is -2.18. The Morgan fingerprint density at radius 1 is 1.53 bits per heavy atom. The molecule has 0 radical (unpaired) electrons. The summed E-state index contributed by atoms with van der Waals surface area (Å²) in [6.45, 7) is 0.765. The van der Waals surface area contributed by atoms with Crippen molar-refractivity contribution < 1.29 is 9.90 Å². The standard InChI is InChI=1S/C12H12N2O2S/c1-14(8-10-3-2-6-17-10)9-4-5-13-11(7-9)12(15)16/h2-7H,8H2,1H3,(H,15,16). The summed E-state index contributed by atoms with van der Waals surface area (Å²) in [6, 6.07) is 7.44. The van der Waals surface area contributed by atoms with Crippen molar-refractivity contribution in [3.63, 3.8) is 0 Å². The number of nitrogens with zero attached hydrogens (tertiary/aromatic N) is 2. The van der Waals surface area contributed by atoms with Gasteiger partial charge in [0.1, 0.15) is 5.69 Å². The van der Waals surface area contributed by atoms with E-state index in [-0.39, 0.29) is 5.69 Å². The van der Waals surface area contributed by atoms with Crippen LogP contribution in [0.3, 0.4) is 0 Å². The van der Waals surface area contributed by atoms with Crippen LogP contribution < -0.4 is 4.90 Å². The van der Waals surface area contributed by atoms with Crippen LogP contribution >= 0.6 is 11.3 Å². The SMILES string of the molecule is CN(Cc1cccs1)c1ccnc(C(=O)O)c1. The molecule has 0 amide bonds. The summed E-state index contributed by atoms with van der Waals surface area (Å²) in [5, 5.41) is 10.9. The zero-order valence-corrected chi connectivity index (χ0v) is 10.1. The van der Waals surface area contributed by atoms with Crippen LogP contribution in [-0.4, -0.2) is 23.1 Å². The van der Waals surface area contributed by atoms with Gasteiger partial charge in [0.05, 0.1) is 6.54 Å². The summed E-state index contributed by atoms with van der Waals surface area (Å²) in [5.74, 6) is -1.00. The van der Waals surface area contributed by atoms with Gasteiger partial charge in [0.15, 0.2) is 0 Å². The summed E-state index contributed by atoms with van der Waals surface area (Å²) in [5.41, 5.74) is 0.923. The van der Waals surface area contributed by atoms with E-state index in [0.29, 0.717) is 0 Å². The van der Waals surface area contributed by atoms with Gasteiger partial charge in [-0.25, -0.2) is 9.78 Å². The second-order valence-corrected chi connectivity index (χ2v) is 4.67. The first-order chi connectivity index (χ1) is 8.16. The van der Waals surface area contributed by atoms with Crippen molar-refractivity contribution in [1.82, 2.24) is 4.98 Å². The summed E-state index contributed by atoms with van der Waals surface area (Å²) in [7, 11) is 1.93. The zero-order chi connectivity index (χ0) is 12.3. The second-order valence-electron chi connectivity index (χ2n) is 3.64. The maximum Gasteiger partial charge on any atom is 0.354 e. The molecule has 5 heteroatoms. The summed E-state index contributed by atoms with van der Waals surface area (Å²) < 4.78 is 0. The predicted octanol–water partition coefficient (Wildman–Crippen LogP) is 2.48. The molecule has 2 aromatic rings. The molecule has 0 aliphatic heterocycles. The molecule has 0 bridgehead atoms. The van der Waals surface area contributed by atoms with Gasteiger partial charge in [-0.3, -0.25) is 0 Å². The number of hydrogen-bond acceptors (Lipinski definition) is 4. The highest BCUT2D eigenvalue weighted by atomic mass is 32.1. The van der Waals surface area contributed by atoms with E-state index in [2.05, 4.69) is 11.1 Å². The molecule has 1 N–H and O–H groups in total. The lowest BCUT2D eigenvalue weighted by atomic mass is 10.3. The first-order valence-electron chi connectivity index (χ1n) is 5.09. The number of carbonyl (C=O) groups is 1. The topological polar surface area (TPSA) is 53.4 Å². The minimum Gasteiger partial charge on any atom is -0.477 e. The number of rotatable bonds is 4. The molecule has 88 valence electrons. The van der Waals surface area contributed by atoms with Crippen LogP contribution in [-0.2, 0) is 6.54 Å². The van der Waals surface area contributed by atoms with Gasteiger partial charge < -0.3 is 10.0 Å². The molecule has 0 saturated carbocycles. The van der Waals surface area contributed by atoms with E-state index in [9.17, 15) is 4.79 Å². The van der Waals surface area contributed by atoms with Crippen LogP contribution in [0.1, 0.15) is 15.4 Å². The predicted molar refractivity (Wildman–Crippen MR) is 67.6 cm³/mol. The second kappa shape index (κ2) is 4.97. The van der Waals surface area contributed by atoms with Crippen LogP contribution in [0.5, 0.6) is 0 Å². The third-order valence-electron chi connectivity index (χ3n) is 2.38. The van der Waals surface area contributed by atoms with E-state index in [1.54, 1.807) is 23.5 Å². The average molecular weight is 248 g/mol. The van der Waals surface area contributed by atoms with Gasteiger partial charge in [0.2, 0.25) is 0 Å². The van der Waals surface area contributed by atoms with E-state index in [1.807, 2.05) is 23.4 Å². The van der Waals surface area contributed by atoms with E-state index in [0.717, 1.165) is 12.2 Å². The number of hydrogen-bond donors (Lipinski definition) is 1. The molecule has 2 heterocycles. The van der Waals surface area contributed by atoms with Gasteiger partial charge in [-0.1, -0.05) is 6.07 Å². The molecular formula is C12H12N2O2S. The first kappa shape index (κ1) is 11.6. The van der Waals surface area contributed by atoms with E-state index < -0.39 is 5.97 Å². The van der Waals surface area contributed by atoms with E-state index in [4.69, 9.17) is 5.11 Å². The molecule has 0 aliphatic carbocycles. The number of anilines is 1. The van der Waals surface area contributed by atoms with Gasteiger partial charge in [-0.2, -0.15) is 0 Å². The van der Waals surface area contributed by atoms with Gasteiger partial charge in [0, 0.05) is 23.8 Å². The summed E-state index contributed by atoms with van der Waals surface area (Å²) in [6.07, 6.45) is 1.52. The number of aromatic carboxylic acids is 1. The third-order valence-corrected chi connectivity index (χ3v) is 3.24. The molecule has 0 fully saturated rings. The van der Waals surface area contributed by atoms with Crippen LogP contribution in [0.4, 0.5) is 5.69 Å². The molecule has 0 atom stereocenters. The number of thiophene rings is 1. The molecular weight excluding hydrogens is 236 g/mol. The van der Waals surface area contributed by atoms with Gasteiger partial charge >= 0.3 is 5.97 Å². The van der Waals surface area contributed by atoms with Crippen LogP contribution in [0, 0.1) is 0 Å². The maximum absolute atomic E-state index is 10.8. The van der Waals surface area contributed by atoms with Crippen LogP contribution in [0.15, 0.2) is 35.8 Å². The number of carboxylic acid groups (broad SMARTS) is 1. The molecule has 0 spiro atoms. The Bertz CT molecular complexity index is 511. The first-order valence-corrected chi connectivity index (χ1v) is 5.97. The van der Waals surface area contributed by atoms with Crippen molar-refractivity contribution >= 4 is 23.0 Å². The van der Waals surface area contributed by atoms with Gasteiger partial charge in [-0.05, 0) is 23.6 Å². The Hall–Kier alpha value is -1.88. The molecule has 17 heavy (non-hydrogen) atoms. The van der Waals surface area contributed by atoms with Crippen molar-refractivity contribution in [3.05, 3.63) is 46.4 Å². The fourth-order valence-electron chi connectivity index (χ4n) is 1.50. The summed E-state index contributed by atoms with van der Waals surface area (Å²) in [4.78, 5) is 17.8. The minimum atomic E-state index is -1.00. The van der Waals surface area contributed by atoms with Crippen LogP contribution in [0.25, 0.3) is 0 Å². The lowest BCUT2D eigenvalue weighted by molar-refractivity contribution is 0.0690. The minimum absolute atomic E-state index is 0.0699. The molecule has 0 unspecified atom stereocenters. The smallest absolute Gasteiger partial charge is 0.354 e. The van der Waals surface area contributed by atoms with Crippen molar-refractivity contribution in [2.75, 3.05) is 11.9 Å². The number of aromatic nitrogens is 1. The van der Waals surface area contributed by atoms with Crippen molar-refractivity contribution in [3.8, 4) is 0 Å². The Morgan fingerprint density at radius 2 is 2.35 bits per heavy atom. The molecule has 4 nitrogen and oxygen atoms in total. The Morgan fingerprint density at radius 3 is 3.00 bits per heavy atom. The highest BCUT2D eigenvalue weighted by Crippen LogP contribution is 2.18. The van der Waals surface area contributed by atoms with E-state index in [1.165, 1.54) is 11.1 Å². The Kier molecular flexibility index (Phi) is 3.39. The summed E-state index contributed by atoms with van der Waals surface area (Å²) >= 11 is 1.68. The van der Waals surface area contributed by atoms with Gasteiger partial charge in [0.25, 0.3) is 0 Å². The van der Waals surface area contributed by atoms with Crippen molar-refractivity contribution in [1.29, 1.82) is 0 Å². The maximum atomic E-state index is 10.8. The molecule has 2 aromatic heterocycles. The highest BCUT2D eigenvalue weighted by molar-refractivity contribution is 7.09. The highest BCUT2D eigenvalue weighted by Gasteiger charge is 2.08. The lowest BCUT2D eigenvalue weighted by Crippen LogP contribution is -2.16. The largest absolute Gasteiger partial charge is 0.477 e. The Balaban J connectivity index is 2.16. The van der Waals surface area contributed by atoms with Crippen molar-refractivity contribution in [2.24, 2.45) is 0 Å². The quantitative estimate of drug-likeness (QED) is 0.903. The molecule has 0 aliphatic rings. The van der Waals surface area contributed by atoms with E-state index >= 15 is 0 Å².